The molecule has 12 heteroatoms. The molecular formula is C31H30ClF2N5O4. The molecule has 0 radical (unpaired) electrons. The fourth-order valence-corrected chi connectivity index (χ4v) is 5.57. The predicted octanol–water partition coefficient (Wildman–Crippen LogP) is 4.77. The summed E-state index contributed by atoms with van der Waals surface area (Å²) in [6, 6.07) is 10.2. The van der Waals surface area contributed by atoms with E-state index in [2.05, 4.69) is 15.4 Å². The fraction of sp³-hybridized carbons (Fsp3) is 0.355. The van der Waals surface area contributed by atoms with Gasteiger partial charge in [-0.25, -0.2) is 13.8 Å². The van der Waals surface area contributed by atoms with Gasteiger partial charge in [-0.2, -0.15) is 5.10 Å². The number of halogens is 3. The number of amides is 2. The van der Waals surface area contributed by atoms with E-state index in [0.29, 0.717) is 27.5 Å². The molecule has 2 aliphatic rings. The summed E-state index contributed by atoms with van der Waals surface area (Å²) in [6.45, 7) is 1.42. The lowest BCUT2D eigenvalue weighted by molar-refractivity contribution is -0.117. The first-order valence-electron chi connectivity index (χ1n) is 14.1. The maximum absolute atomic E-state index is 16.0. The van der Waals surface area contributed by atoms with E-state index in [1.165, 1.54) is 36.4 Å². The fourth-order valence-electron chi connectivity index (χ4n) is 5.31. The first-order valence-corrected chi connectivity index (χ1v) is 14.5. The topological polar surface area (TPSA) is 132 Å². The number of fused-ring (bicyclic) bond motifs is 1. The van der Waals surface area contributed by atoms with E-state index in [9.17, 15) is 19.1 Å². The molecule has 2 aromatic heterocycles. The van der Waals surface area contributed by atoms with Crippen LogP contribution < -0.4 is 15.8 Å². The van der Waals surface area contributed by atoms with Gasteiger partial charge in [-0.3, -0.25) is 14.3 Å². The van der Waals surface area contributed by atoms with E-state index >= 15 is 4.39 Å². The van der Waals surface area contributed by atoms with E-state index in [-0.39, 0.29) is 54.1 Å². The van der Waals surface area contributed by atoms with Crippen molar-refractivity contribution < 1.29 is 28.2 Å². The number of aromatic nitrogens is 3. The SMILES string of the molecule is CCOc1c(CC(N)=O)cc([C@@](O)(CNC(=O)c2cc(Cl)c3nn(C4CC4)cc3c2)C2(F)CC2)nc1-c1ccc(F)cc1. The molecule has 2 saturated carbocycles. The van der Waals surface area contributed by atoms with Crippen LogP contribution in [0.5, 0.6) is 5.75 Å². The zero-order valence-electron chi connectivity index (χ0n) is 23.4. The molecule has 224 valence electrons. The van der Waals surface area contributed by atoms with Crippen LogP contribution in [0.25, 0.3) is 22.2 Å². The molecule has 2 aromatic carbocycles. The van der Waals surface area contributed by atoms with E-state index in [1.807, 2.05) is 10.9 Å². The Morgan fingerprint density at radius 2 is 1.95 bits per heavy atom. The number of primary amides is 1. The van der Waals surface area contributed by atoms with Gasteiger partial charge in [-0.15, -0.1) is 0 Å². The second-order valence-corrected chi connectivity index (χ2v) is 11.6. The lowest BCUT2D eigenvalue weighted by Crippen LogP contribution is -2.49. The number of carbonyl (C=O) groups is 2. The van der Waals surface area contributed by atoms with Crippen LogP contribution in [0.1, 0.15) is 60.3 Å². The van der Waals surface area contributed by atoms with Crippen LogP contribution in [-0.4, -0.2) is 50.5 Å². The Hall–Kier alpha value is -4.09. The molecule has 0 bridgehead atoms. The number of pyridine rings is 1. The summed E-state index contributed by atoms with van der Waals surface area (Å²) in [5, 5.41) is 20.1. The highest BCUT2D eigenvalue weighted by molar-refractivity contribution is 6.35. The van der Waals surface area contributed by atoms with Crippen LogP contribution in [0, 0.1) is 5.82 Å². The van der Waals surface area contributed by atoms with Gasteiger partial charge in [0.25, 0.3) is 5.91 Å². The number of nitrogens with one attached hydrogen (secondary N) is 1. The molecule has 43 heavy (non-hydrogen) atoms. The van der Waals surface area contributed by atoms with Crippen molar-refractivity contribution in [1.82, 2.24) is 20.1 Å². The number of benzene rings is 2. The van der Waals surface area contributed by atoms with Gasteiger partial charge >= 0.3 is 0 Å². The molecule has 0 saturated heterocycles. The number of nitrogens with zero attached hydrogens (tertiary/aromatic N) is 3. The largest absolute Gasteiger partial charge is 0.491 e. The van der Waals surface area contributed by atoms with Crippen LogP contribution in [0.3, 0.4) is 0 Å². The van der Waals surface area contributed by atoms with Crippen LogP contribution in [0.2, 0.25) is 5.02 Å². The second-order valence-electron chi connectivity index (χ2n) is 11.2. The molecule has 2 amide bonds. The van der Waals surface area contributed by atoms with Crippen LogP contribution in [0.4, 0.5) is 8.78 Å². The van der Waals surface area contributed by atoms with Gasteiger partial charge in [-0.05, 0) is 75.1 Å². The van der Waals surface area contributed by atoms with Crippen molar-refractivity contribution in [2.75, 3.05) is 13.2 Å². The molecular weight excluding hydrogens is 580 g/mol. The van der Waals surface area contributed by atoms with Gasteiger partial charge < -0.3 is 20.9 Å². The number of alkyl halides is 1. The quantitative estimate of drug-likeness (QED) is 0.224. The van der Waals surface area contributed by atoms with Crippen molar-refractivity contribution in [2.24, 2.45) is 5.73 Å². The molecule has 9 nitrogen and oxygen atoms in total. The first kappa shape index (κ1) is 29.0. The molecule has 2 heterocycles. The third kappa shape index (κ3) is 5.54. The number of hydrogen-bond donors (Lipinski definition) is 3. The Labute approximate surface area is 251 Å². The summed E-state index contributed by atoms with van der Waals surface area (Å²) in [5.74, 6) is -1.53. The van der Waals surface area contributed by atoms with Gasteiger partial charge in [0.05, 0.1) is 36.3 Å². The molecule has 1 atom stereocenters. The molecule has 0 aliphatic heterocycles. The molecule has 2 aliphatic carbocycles. The maximum Gasteiger partial charge on any atom is 0.251 e. The van der Waals surface area contributed by atoms with Crippen molar-refractivity contribution >= 4 is 34.3 Å². The van der Waals surface area contributed by atoms with Crippen molar-refractivity contribution in [1.29, 1.82) is 0 Å². The predicted molar refractivity (Wildman–Crippen MR) is 156 cm³/mol. The van der Waals surface area contributed by atoms with Gasteiger partial charge in [0.15, 0.2) is 5.60 Å². The zero-order chi connectivity index (χ0) is 30.5. The number of carbonyl (C=O) groups excluding carboxylic acids is 2. The zero-order valence-corrected chi connectivity index (χ0v) is 24.1. The highest BCUT2D eigenvalue weighted by Crippen LogP contribution is 2.53. The lowest BCUT2D eigenvalue weighted by atomic mass is 9.88. The normalized spacial score (nSPS) is 17.0. The van der Waals surface area contributed by atoms with E-state index in [1.54, 1.807) is 13.0 Å². The lowest BCUT2D eigenvalue weighted by Gasteiger charge is -2.32. The number of ether oxygens (including phenoxy) is 1. The standard InChI is InChI=1S/C31H30ClF2N5O4/c1-2-43-28-18(14-25(35)40)13-24(37-27(28)17-3-5-21(33)6-4-17)31(42,30(34)9-10-30)16-36-29(41)19-11-20-15-39(22-7-8-22)38-26(20)23(32)12-19/h3-6,11-13,15,22,42H,2,7-10,14,16H2,1H3,(H2,35,40)(H,36,41)/t31-/m0/s1. The Kier molecular flexibility index (Phi) is 7.34. The Morgan fingerprint density at radius 3 is 2.58 bits per heavy atom. The number of aliphatic hydroxyl groups is 1. The van der Waals surface area contributed by atoms with Crippen molar-refractivity contribution in [3.05, 3.63) is 76.3 Å². The Bertz CT molecular complexity index is 1740. The summed E-state index contributed by atoms with van der Waals surface area (Å²) >= 11 is 6.45. The highest BCUT2D eigenvalue weighted by Gasteiger charge is 2.62. The molecule has 2 fully saturated rings. The summed E-state index contributed by atoms with van der Waals surface area (Å²) < 4.78 is 37.4. The van der Waals surface area contributed by atoms with E-state index < -0.39 is 35.4 Å². The van der Waals surface area contributed by atoms with Crippen molar-refractivity contribution in [2.45, 2.75) is 56.3 Å². The van der Waals surface area contributed by atoms with E-state index in [0.717, 1.165) is 12.8 Å². The van der Waals surface area contributed by atoms with E-state index in [4.69, 9.17) is 22.1 Å². The molecule has 0 spiro atoms. The minimum Gasteiger partial charge on any atom is -0.491 e. The first-order chi connectivity index (χ1) is 20.5. The van der Waals surface area contributed by atoms with Gasteiger partial charge in [-0.1, -0.05) is 11.6 Å². The summed E-state index contributed by atoms with van der Waals surface area (Å²) in [4.78, 5) is 29.9. The van der Waals surface area contributed by atoms with Crippen LogP contribution in [-0.2, 0) is 16.8 Å². The Balaban J connectivity index is 1.37. The van der Waals surface area contributed by atoms with Crippen LogP contribution >= 0.6 is 11.6 Å². The third-order valence-corrected chi connectivity index (χ3v) is 8.23. The van der Waals surface area contributed by atoms with Gasteiger partial charge in [0.2, 0.25) is 5.91 Å². The van der Waals surface area contributed by atoms with Gasteiger partial charge in [0.1, 0.15) is 28.4 Å². The van der Waals surface area contributed by atoms with Crippen molar-refractivity contribution in [3.8, 4) is 17.0 Å². The minimum absolute atomic E-state index is 0.0312. The highest BCUT2D eigenvalue weighted by atomic mass is 35.5. The average molecular weight is 610 g/mol. The summed E-state index contributed by atoms with van der Waals surface area (Å²) in [5.41, 5.74) is 2.69. The second kappa shape index (κ2) is 10.9. The monoisotopic (exact) mass is 609 g/mol. The number of rotatable bonds is 11. The Morgan fingerprint density at radius 1 is 1.23 bits per heavy atom. The minimum atomic E-state index is -2.28. The van der Waals surface area contributed by atoms with Gasteiger partial charge in [0, 0.05) is 28.3 Å². The molecule has 4 N–H and O–H groups in total. The number of hydrogen-bond acceptors (Lipinski definition) is 6. The molecule has 4 aromatic rings. The maximum atomic E-state index is 16.0. The molecule has 6 rings (SSSR count). The molecule has 0 unspecified atom stereocenters. The van der Waals surface area contributed by atoms with Crippen molar-refractivity contribution in [3.63, 3.8) is 0 Å². The number of nitrogens with two attached hydrogens (primary N) is 1. The summed E-state index contributed by atoms with van der Waals surface area (Å²) in [6.07, 6.45) is 3.69. The smallest absolute Gasteiger partial charge is 0.251 e. The van der Waals surface area contributed by atoms with Crippen LogP contribution in [0.15, 0.2) is 48.7 Å². The summed E-state index contributed by atoms with van der Waals surface area (Å²) in [7, 11) is 0. The third-order valence-electron chi connectivity index (χ3n) is 7.94. The average Bonchev–Trinajstić information content (AvgIpc) is 3.91.